The van der Waals surface area contributed by atoms with Crippen LogP contribution in [0.1, 0.15) is 18.4 Å². The third-order valence-corrected chi connectivity index (χ3v) is 4.12. The Morgan fingerprint density at radius 1 is 1.19 bits per heavy atom. The standard InChI is InChI=1S/C17H14Cl3N3O4/c18-12-4-6-16(14(20)9-12)27-7-1-2-17(24)22-21-10-11-3-5-13(19)15(8-11)23(25)26/h3-6,8-10H,1-2,7H2,(H,22,24)/b21-10+. The Labute approximate surface area is 170 Å². The maximum atomic E-state index is 11.7. The summed E-state index contributed by atoms with van der Waals surface area (Å²) in [4.78, 5) is 22.0. The van der Waals surface area contributed by atoms with Crippen LogP contribution in [0.3, 0.4) is 0 Å². The molecule has 142 valence electrons. The molecule has 0 aliphatic rings. The second kappa shape index (κ2) is 10.1. The summed E-state index contributed by atoms with van der Waals surface area (Å²) in [6.07, 6.45) is 1.93. The Hall–Kier alpha value is -2.35. The van der Waals surface area contributed by atoms with Gasteiger partial charge in [0.05, 0.1) is 22.8 Å². The number of amides is 1. The van der Waals surface area contributed by atoms with Crippen molar-refractivity contribution >= 4 is 52.6 Å². The quantitative estimate of drug-likeness (QED) is 0.280. The SMILES string of the molecule is O=C(CCCOc1ccc(Cl)cc1Cl)N/N=C/c1ccc(Cl)c([N+](=O)[O-])c1. The molecule has 2 aromatic rings. The largest absolute Gasteiger partial charge is 0.492 e. The van der Waals surface area contributed by atoms with E-state index in [1.807, 2.05) is 0 Å². The van der Waals surface area contributed by atoms with E-state index in [1.165, 1.54) is 18.3 Å². The number of carbonyl (C=O) groups is 1. The van der Waals surface area contributed by atoms with Crippen LogP contribution in [-0.4, -0.2) is 23.7 Å². The van der Waals surface area contributed by atoms with Crippen molar-refractivity contribution in [1.82, 2.24) is 5.43 Å². The predicted molar refractivity (Wildman–Crippen MR) is 105 cm³/mol. The van der Waals surface area contributed by atoms with Crippen molar-refractivity contribution in [3.63, 3.8) is 0 Å². The molecule has 27 heavy (non-hydrogen) atoms. The number of hydrogen-bond acceptors (Lipinski definition) is 5. The second-order valence-electron chi connectivity index (χ2n) is 5.29. The molecule has 0 aromatic heterocycles. The Kier molecular flexibility index (Phi) is 7.84. The van der Waals surface area contributed by atoms with Crippen molar-refractivity contribution in [2.45, 2.75) is 12.8 Å². The zero-order valence-corrected chi connectivity index (χ0v) is 16.1. The Balaban J connectivity index is 1.75. The van der Waals surface area contributed by atoms with Gasteiger partial charge in [0, 0.05) is 23.1 Å². The smallest absolute Gasteiger partial charge is 0.288 e. The molecule has 7 nitrogen and oxygen atoms in total. The molecule has 0 aliphatic heterocycles. The molecule has 0 aliphatic carbocycles. The number of nitrogens with zero attached hydrogens (tertiary/aromatic N) is 2. The summed E-state index contributed by atoms with van der Waals surface area (Å²) in [5.41, 5.74) is 2.55. The number of hydrazone groups is 1. The number of halogens is 3. The molecule has 0 radical (unpaired) electrons. The molecule has 2 aromatic carbocycles. The van der Waals surface area contributed by atoms with Crippen molar-refractivity contribution in [3.8, 4) is 5.75 Å². The highest BCUT2D eigenvalue weighted by atomic mass is 35.5. The number of carbonyl (C=O) groups excluding carboxylic acids is 1. The zero-order chi connectivity index (χ0) is 19.8. The molecule has 0 bridgehead atoms. The lowest BCUT2D eigenvalue weighted by Crippen LogP contribution is -2.18. The molecule has 0 spiro atoms. The average molecular weight is 431 g/mol. The first-order valence-electron chi connectivity index (χ1n) is 7.70. The highest BCUT2D eigenvalue weighted by Gasteiger charge is 2.11. The van der Waals surface area contributed by atoms with Gasteiger partial charge in [-0.15, -0.1) is 0 Å². The van der Waals surface area contributed by atoms with Gasteiger partial charge in [-0.1, -0.05) is 40.9 Å². The Bertz CT molecular complexity index is 874. The number of hydrogen-bond donors (Lipinski definition) is 1. The molecule has 1 N–H and O–H groups in total. The van der Waals surface area contributed by atoms with E-state index >= 15 is 0 Å². The summed E-state index contributed by atoms with van der Waals surface area (Å²) in [5, 5.41) is 15.5. The Morgan fingerprint density at radius 3 is 2.67 bits per heavy atom. The molecule has 1 amide bonds. The average Bonchev–Trinajstić information content (AvgIpc) is 2.61. The minimum atomic E-state index is -0.592. The molecule has 0 fully saturated rings. The molecule has 0 saturated carbocycles. The fraction of sp³-hybridized carbons (Fsp3) is 0.176. The van der Waals surface area contributed by atoms with E-state index in [2.05, 4.69) is 10.5 Å². The first-order valence-corrected chi connectivity index (χ1v) is 8.84. The van der Waals surface area contributed by atoms with E-state index in [1.54, 1.807) is 24.3 Å². The second-order valence-corrected chi connectivity index (χ2v) is 6.54. The van der Waals surface area contributed by atoms with E-state index in [-0.39, 0.29) is 23.0 Å². The zero-order valence-electron chi connectivity index (χ0n) is 13.8. The van der Waals surface area contributed by atoms with Gasteiger partial charge in [-0.05, 0) is 30.7 Å². The van der Waals surface area contributed by atoms with Crippen LogP contribution >= 0.6 is 34.8 Å². The topological polar surface area (TPSA) is 93.8 Å². The fourth-order valence-corrected chi connectivity index (χ4v) is 2.64. The summed E-state index contributed by atoms with van der Waals surface area (Å²) >= 11 is 17.5. The van der Waals surface area contributed by atoms with E-state index < -0.39 is 4.92 Å². The maximum Gasteiger partial charge on any atom is 0.288 e. The van der Waals surface area contributed by atoms with E-state index in [0.29, 0.717) is 34.4 Å². The van der Waals surface area contributed by atoms with Gasteiger partial charge in [-0.25, -0.2) is 5.43 Å². The lowest BCUT2D eigenvalue weighted by Gasteiger charge is -2.07. The van der Waals surface area contributed by atoms with Crippen LogP contribution in [0.4, 0.5) is 5.69 Å². The van der Waals surface area contributed by atoms with Crippen molar-refractivity contribution in [3.05, 3.63) is 67.1 Å². The third-order valence-electron chi connectivity index (χ3n) is 3.27. The minimum absolute atomic E-state index is 0.0296. The van der Waals surface area contributed by atoms with Crippen molar-refractivity contribution in [1.29, 1.82) is 0 Å². The third kappa shape index (κ3) is 6.71. The maximum absolute atomic E-state index is 11.7. The van der Waals surface area contributed by atoms with E-state index in [9.17, 15) is 14.9 Å². The summed E-state index contributed by atoms with van der Waals surface area (Å²) in [5.74, 6) is 0.171. The van der Waals surface area contributed by atoms with Crippen LogP contribution in [0.25, 0.3) is 0 Å². The molecule has 0 unspecified atom stereocenters. The van der Waals surface area contributed by atoms with Gasteiger partial charge < -0.3 is 4.74 Å². The Morgan fingerprint density at radius 2 is 1.96 bits per heavy atom. The summed E-state index contributed by atoms with van der Waals surface area (Å²) in [7, 11) is 0. The fourth-order valence-electron chi connectivity index (χ4n) is 1.99. The van der Waals surface area contributed by atoms with Gasteiger partial charge >= 0.3 is 0 Å². The van der Waals surface area contributed by atoms with Gasteiger partial charge in [-0.3, -0.25) is 14.9 Å². The summed E-state index contributed by atoms with van der Waals surface area (Å²) in [6, 6.07) is 9.09. The van der Waals surface area contributed by atoms with Crippen LogP contribution < -0.4 is 10.2 Å². The molecular weight excluding hydrogens is 417 g/mol. The van der Waals surface area contributed by atoms with Gasteiger partial charge in [0.1, 0.15) is 10.8 Å². The highest BCUT2D eigenvalue weighted by molar-refractivity contribution is 6.35. The van der Waals surface area contributed by atoms with Gasteiger partial charge in [0.2, 0.25) is 5.91 Å². The number of rotatable bonds is 8. The summed E-state index contributed by atoms with van der Waals surface area (Å²) in [6.45, 7) is 0.294. The van der Waals surface area contributed by atoms with Crippen molar-refractivity contribution in [2.75, 3.05) is 6.61 Å². The molecule has 10 heteroatoms. The van der Waals surface area contributed by atoms with Crippen LogP contribution in [0.5, 0.6) is 5.75 Å². The monoisotopic (exact) mass is 429 g/mol. The first-order chi connectivity index (χ1) is 12.9. The van der Waals surface area contributed by atoms with Crippen LogP contribution in [-0.2, 0) is 4.79 Å². The van der Waals surface area contributed by atoms with E-state index in [0.717, 1.165) is 0 Å². The number of ether oxygens (including phenoxy) is 1. The molecule has 0 atom stereocenters. The van der Waals surface area contributed by atoms with E-state index in [4.69, 9.17) is 39.5 Å². The lowest BCUT2D eigenvalue weighted by molar-refractivity contribution is -0.384. The molecular formula is C17H14Cl3N3O4. The minimum Gasteiger partial charge on any atom is -0.492 e. The van der Waals surface area contributed by atoms with Crippen LogP contribution in [0, 0.1) is 10.1 Å². The molecule has 0 saturated heterocycles. The number of nitro benzene ring substituents is 1. The summed E-state index contributed by atoms with van der Waals surface area (Å²) < 4.78 is 5.48. The number of nitro groups is 1. The normalized spacial score (nSPS) is 10.8. The molecule has 0 heterocycles. The predicted octanol–water partition coefficient (Wildman–Crippen LogP) is 4.86. The number of nitrogens with one attached hydrogen (secondary N) is 1. The highest BCUT2D eigenvalue weighted by Crippen LogP contribution is 2.27. The van der Waals surface area contributed by atoms with Gasteiger partial charge in [0.15, 0.2) is 0 Å². The van der Waals surface area contributed by atoms with Crippen LogP contribution in [0.15, 0.2) is 41.5 Å². The van der Waals surface area contributed by atoms with Gasteiger partial charge in [-0.2, -0.15) is 5.10 Å². The first kappa shape index (κ1) is 21.0. The van der Waals surface area contributed by atoms with Crippen molar-refractivity contribution < 1.29 is 14.5 Å². The molecule has 2 rings (SSSR count). The number of benzene rings is 2. The van der Waals surface area contributed by atoms with Crippen LogP contribution in [0.2, 0.25) is 15.1 Å². The lowest BCUT2D eigenvalue weighted by atomic mass is 10.2. The van der Waals surface area contributed by atoms with Gasteiger partial charge in [0.25, 0.3) is 5.69 Å². The van der Waals surface area contributed by atoms with Crippen molar-refractivity contribution in [2.24, 2.45) is 5.10 Å².